The monoisotopic (exact) mass is 345 g/mol. The van der Waals surface area contributed by atoms with E-state index in [-0.39, 0.29) is 5.91 Å². The molecule has 1 saturated carbocycles. The maximum absolute atomic E-state index is 12.6. The Hall–Kier alpha value is -3.15. The number of nitrogens with one attached hydrogen (secondary N) is 1. The first kappa shape index (κ1) is 16.3. The fourth-order valence-corrected chi connectivity index (χ4v) is 2.82. The van der Waals surface area contributed by atoms with Crippen LogP contribution in [0, 0.1) is 13.8 Å². The minimum atomic E-state index is -0.208. The van der Waals surface area contributed by atoms with Crippen LogP contribution in [0.2, 0.25) is 0 Å². The van der Waals surface area contributed by atoms with Gasteiger partial charge in [-0.15, -0.1) is 0 Å². The highest BCUT2D eigenvalue weighted by atomic mass is 16.1. The van der Waals surface area contributed by atoms with Crippen molar-refractivity contribution in [2.24, 2.45) is 0 Å². The zero-order chi connectivity index (χ0) is 18.1. The number of benzene rings is 1. The summed E-state index contributed by atoms with van der Waals surface area (Å²) in [7, 11) is 0. The standard InChI is InChI=1S/C20H19N5O/c1-12-17(11-22-19(23-12)14-6-7-14)20(26)25-16-5-3-4-15(10-16)18-8-9-21-13(2)24-18/h3-5,8-11,14H,6-7H2,1-2H3,(H,25,26). The van der Waals surface area contributed by atoms with Crippen molar-refractivity contribution in [1.29, 1.82) is 0 Å². The van der Waals surface area contributed by atoms with Crippen LogP contribution in [0.4, 0.5) is 5.69 Å². The molecular weight excluding hydrogens is 326 g/mol. The number of hydrogen-bond donors (Lipinski definition) is 1. The third-order valence-electron chi connectivity index (χ3n) is 4.38. The summed E-state index contributed by atoms with van der Waals surface area (Å²) >= 11 is 0. The minimum absolute atomic E-state index is 0.208. The first-order chi connectivity index (χ1) is 12.6. The first-order valence-corrected chi connectivity index (χ1v) is 8.65. The number of rotatable bonds is 4. The molecule has 6 heteroatoms. The molecule has 0 unspecified atom stereocenters. The summed E-state index contributed by atoms with van der Waals surface area (Å²) in [6.07, 6.45) is 5.63. The lowest BCUT2D eigenvalue weighted by molar-refractivity contribution is 0.102. The lowest BCUT2D eigenvalue weighted by Crippen LogP contribution is -2.15. The Morgan fingerprint density at radius 3 is 2.69 bits per heavy atom. The number of aryl methyl sites for hydroxylation is 2. The van der Waals surface area contributed by atoms with Crippen LogP contribution < -0.4 is 5.32 Å². The predicted octanol–water partition coefficient (Wildman–Crippen LogP) is 3.68. The number of amides is 1. The van der Waals surface area contributed by atoms with Gasteiger partial charge in [0.2, 0.25) is 0 Å². The molecule has 0 radical (unpaired) electrons. The van der Waals surface area contributed by atoms with Gasteiger partial charge in [-0.3, -0.25) is 4.79 Å². The van der Waals surface area contributed by atoms with Gasteiger partial charge in [-0.1, -0.05) is 12.1 Å². The normalized spacial score (nSPS) is 13.5. The number of aromatic nitrogens is 4. The first-order valence-electron chi connectivity index (χ1n) is 8.65. The van der Waals surface area contributed by atoms with Crippen LogP contribution in [0.25, 0.3) is 11.3 Å². The largest absolute Gasteiger partial charge is 0.322 e. The van der Waals surface area contributed by atoms with Crippen molar-refractivity contribution in [1.82, 2.24) is 19.9 Å². The van der Waals surface area contributed by atoms with Gasteiger partial charge in [-0.2, -0.15) is 0 Å². The van der Waals surface area contributed by atoms with Gasteiger partial charge in [0.05, 0.1) is 17.0 Å². The van der Waals surface area contributed by atoms with Crippen molar-refractivity contribution in [3.8, 4) is 11.3 Å². The third-order valence-corrected chi connectivity index (χ3v) is 4.38. The van der Waals surface area contributed by atoms with E-state index in [9.17, 15) is 4.79 Å². The van der Waals surface area contributed by atoms with Crippen LogP contribution in [0.15, 0.2) is 42.7 Å². The van der Waals surface area contributed by atoms with Gasteiger partial charge in [0, 0.05) is 29.6 Å². The molecule has 0 bridgehead atoms. The summed E-state index contributed by atoms with van der Waals surface area (Å²) < 4.78 is 0. The highest BCUT2D eigenvalue weighted by Gasteiger charge is 2.27. The average Bonchev–Trinajstić information content (AvgIpc) is 3.47. The summed E-state index contributed by atoms with van der Waals surface area (Å²) in [6, 6.07) is 9.44. The number of nitrogens with zero attached hydrogens (tertiary/aromatic N) is 4. The highest BCUT2D eigenvalue weighted by molar-refractivity contribution is 6.05. The molecule has 4 rings (SSSR count). The molecule has 2 heterocycles. The molecule has 130 valence electrons. The van der Waals surface area contributed by atoms with Gasteiger partial charge in [-0.25, -0.2) is 19.9 Å². The van der Waals surface area contributed by atoms with Crippen molar-refractivity contribution in [2.45, 2.75) is 32.6 Å². The summed E-state index contributed by atoms with van der Waals surface area (Å²) in [5.41, 5.74) is 3.65. The van der Waals surface area contributed by atoms with Crippen molar-refractivity contribution in [3.05, 3.63) is 65.6 Å². The van der Waals surface area contributed by atoms with E-state index in [0.717, 1.165) is 29.9 Å². The number of carbonyl (C=O) groups is 1. The molecule has 2 aromatic heterocycles. The van der Waals surface area contributed by atoms with Crippen LogP contribution in [0.3, 0.4) is 0 Å². The van der Waals surface area contributed by atoms with E-state index in [4.69, 9.17) is 0 Å². The maximum Gasteiger partial charge on any atom is 0.259 e. The zero-order valence-electron chi connectivity index (χ0n) is 14.7. The maximum atomic E-state index is 12.6. The van der Waals surface area contributed by atoms with Crippen molar-refractivity contribution in [3.63, 3.8) is 0 Å². The fraction of sp³-hybridized carbons (Fsp3) is 0.250. The molecule has 1 aliphatic rings. The second kappa shape index (κ2) is 6.63. The number of carbonyl (C=O) groups excluding carboxylic acids is 1. The lowest BCUT2D eigenvalue weighted by atomic mass is 10.1. The summed E-state index contributed by atoms with van der Waals surface area (Å²) in [5.74, 6) is 1.82. The van der Waals surface area contributed by atoms with Crippen molar-refractivity contribution in [2.75, 3.05) is 5.32 Å². The molecule has 1 aromatic carbocycles. The number of hydrogen-bond acceptors (Lipinski definition) is 5. The SMILES string of the molecule is Cc1nccc(-c2cccc(NC(=O)c3cnc(C4CC4)nc3C)c2)n1. The zero-order valence-corrected chi connectivity index (χ0v) is 14.7. The Morgan fingerprint density at radius 2 is 1.96 bits per heavy atom. The Kier molecular flexibility index (Phi) is 4.16. The molecule has 0 atom stereocenters. The fourth-order valence-electron chi connectivity index (χ4n) is 2.82. The van der Waals surface area contributed by atoms with E-state index in [0.29, 0.717) is 28.7 Å². The summed E-state index contributed by atoms with van der Waals surface area (Å²) in [4.78, 5) is 30.0. The molecule has 1 aliphatic carbocycles. The Morgan fingerprint density at radius 1 is 1.12 bits per heavy atom. The summed E-state index contributed by atoms with van der Waals surface area (Å²) in [6.45, 7) is 3.70. The molecule has 0 aliphatic heterocycles. The quantitative estimate of drug-likeness (QED) is 0.780. The van der Waals surface area contributed by atoms with Gasteiger partial charge < -0.3 is 5.32 Å². The van der Waals surface area contributed by atoms with Crippen molar-refractivity contribution >= 4 is 11.6 Å². The molecule has 3 aromatic rings. The lowest BCUT2D eigenvalue weighted by Gasteiger charge is -2.09. The van der Waals surface area contributed by atoms with Crippen LogP contribution in [0.5, 0.6) is 0 Å². The van der Waals surface area contributed by atoms with Gasteiger partial charge in [0.15, 0.2) is 0 Å². The van der Waals surface area contributed by atoms with E-state index in [1.54, 1.807) is 12.4 Å². The van der Waals surface area contributed by atoms with Gasteiger partial charge in [0.25, 0.3) is 5.91 Å². The second-order valence-electron chi connectivity index (χ2n) is 6.53. The molecule has 1 N–H and O–H groups in total. The van der Waals surface area contributed by atoms with Crippen LogP contribution in [-0.4, -0.2) is 25.8 Å². The van der Waals surface area contributed by atoms with E-state index < -0.39 is 0 Å². The smallest absolute Gasteiger partial charge is 0.259 e. The molecule has 6 nitrogen and oxygen atoms in total. The summed E-state index contributed by atoms with van der Waals surface area (Å²) in [5, 5.41) is 2.93. The van der Waals surface area contributed by atoms with Gasteiger partial charge in [0.1, 0.15) is 11.6 Å². The van der Waals surface area contributed by atoms with Gasteiger partial charge >= 0.3 is 0 Å². The minimum Gasteiger partial charge on any atom is -0.322 e. The highest BCUT2D eigenvalue weighted by Crippen LogP contribution is 2.38. The van der Waals surface area contributed by atoms with E-state index in [1.165, 1.54) is 0 Å². The van der Waals surface area contributed by atoms with E-state index in [2.05, 4.69) is 25.3 Å². The Labute approximate surface area is 151 Å². The number of anilines is 1. The Bertz CT molecular complexity index is 981. The van der Waals surface area contributed by atoms with Crippen LogP contribution in [0.1, 0.15) is 46.5 Å². The Balaban J connectivity index is 1.55. The van der Waals surface area contributed by atoms with Crippen molar-refractivity contribution < 1.29 is 4.79 Å². The van der Waals surface area contributed by atoms with Crippen LogP contribution >= 0.6 is 0 Å². The van der Waals surface area contributed by atoms with Crippen LogP contribution in [-0.2, 0) is 0 Å². The molecule has 1 fully saturated rings. The molecule has 0 spiro atoms. The molecule has 0 saturated heterocycles. The van der Waals surface area contributed by atoms with E-state index >= 15 is 0 Å². The molecule has 1 amide bonds. The molecular formula is C20H19N5O. The predicted molar refractivity (Wildman–Crippen MR) is 98.9 cm³/mol. The van der Waals surface area contributed by atoms with Gasteiger partial charge in [-0.05, 0) is 44.9 Å². The topological polar surface area (TPSA) is 80.7 Å². The molecule has 26 heavy (non-hydrogen) atoms. The average molecular weight is 345 g/mol. The third kappa shape index (κ3) is 3.44. The van der Waals surface area contributed by atoms with E-state index in [1.807, 2.05) is 44.2 Å². The second-order valence-corrected chi connectivity index (χ2v) is 6.53.